The number of benzene rings is 2. The number of aromatic nitrogens is 3. The van der Waals surface area contributed by atoms with Crippen LogP contribution in [0, 0.1) is 5.82 Å². The minimum Gasteiger partial charge on any atom is -0.490 e. The van der Waals surface area contributed by atoms with Gasteiger partial charge in [-0.15, -0.1) is 0 Å². The molecule has 2 aromatic carbocycles. The van der Waals surface area contributed by atoms with Gasteiger partial charge in [0.05, 0.1) is 10.5 Å². The van der Waals surface area contributed by atoms with Crippen LogP contribution in [0.15, 0.2) is 55.0 Å². The molecule has 0 spiro atoms. The van der Waals surface area contributed by atoms with Gasteiger partial charge in [-0.2, -0.15) is 0 Å². The van der Waals surface area contributed by atoms with E-state index in [1.165, 1.54) is 12.1 Å². The van der Waals surface area contributed by atoms with E-state index in [4.69, 9.17) is 16.3 Å². The summed E-state index contributed by atoms with van der Waals surface area (Å²) in [6.45, 7) is 4.13. The van der Waals surface area contributed by atoms with Crippen molar-refractivity contribution >= 4 is 28.5 Å². The van der Waals surface area contributed by atoms with Crippen molar-refractivity contribution in [2.24, 2.45) is 0 Å². The molecule has 9 heteroatoms. The first kappa shape index (κ1) is 21.6. The zero-order valence-electron chi connectivity index (χ0n) is 18.0. The van der Waals surface area contributed by atoms with Crippen LogP contribution < -0.4 is 10.1 Å². The molecule has 0 fully saturated rings. The highest BCUT2D eigenvalue weighted by Gasteiger charge is 2.20. The van der Waals surface area contributed by atoms with Gasteiger partial charge in [-0.3, -0.25) is 4.90 Å². The largest absolute Gasteiger partial charge is 0.490 e. The van der Waals surface area contributed by atoms with Crippen LogP contribution in [0.4, 0.5) is 10.3 Å². The minimum absolute atomic E-state index is 0.261. The van der Waals surface area contributed by atoms with Gasteiger partial charge >= 0.3 is 0 Å². The predicted molar refractivity (Wildman–Crippen MR) is 125 cm³/mol. The predicted octanol–water partition coefficient (Wildman–Crippen LogP) is 4.36. The van der Waals surface area contributed by atoms with Gasteiger partial charge in [0.1, 0.15) is 24.4 Å². The van der Waals surface area contributed by atoms with Crippen molar-refractivity contribution in [1.29, 1.82) is 0 Å². The Balaban J connectivity index is 1.41. The highest BCUT2D eigenvalue weighted by molar-refractivity contribution is 6.32. The van der Waals surface area contributed by atoms with Crippen LogP contribution in [0.25, 0.3) is 16.6 Å². The van der Waals surface area contributed by atoms with Crippen LogP contribution in [0.1, 0.15) is 18.1 Å². The first-order valence-electron chi connectivity index (χ1n) is 10.7. The molecule has 33 heavy (non-hydrogen) atoms. The number of hydrogen-bond acceptors (Lipinski definition) is 6. The molecule has 170 valence electrons. The standard InChI is InChI=1S/C24H23ClFN5O2/c1-15(32)29-24-27-11-16(12-28-24)13-30-6-7-33-23-18(14-30)9-20(10-21(23)25)31-5-4-17-8-19(26)2-3-22(17)31/h2-5,8-12,15,32H,6-7,13-14H2,1H3,(H,27,28,29). The van der Waals surface area contributed by atoms with Crippen molar-refractivity contribution in [3.63, 3.8) is 0 Å². The fourth-order valence-corrected chi connectivity index (χ4v) is 4.37. The molecule has 0 bridgehead atoms. The number of fused-ring (bicyclic) bond motifs is 2. The minimum atomic E-state index is -0.717. The lowest BCUT2D eigenvalue weighted by Crippen LogP contribution is -2.25. The van der Waals surface area contributed by atoms with Gasteiger partial charge in [0.2, 0.25) is 5.95 Å². The Morgan fingerprint density at radius 3 is 2.82 bits per heavy atom. The number of nitrogens with zero attached hydrogens (tertiary/aromatic N) is 4. The summed E-state index contributed by atoms with van der Waals surface area (Å²) in [5.41, 5.74) is 3.73. The maximum Gasteiger partial charge on any atom is 0.224 e. The molecule has 0 saturated carbocycles. The summed E-state index contributed by atoms with van der Waals surface area (Å²) >= 11 is 6.62. The van der Waals surface area contributed by atoms with E-state index in [9.17, 15) is 9.50 Å². The molecular formula is C24H23ClFN5O2. The molecule has 1 atom stereocenters. The molecule has 0 radical (unpaired) electrons. The second-order valence-electron chi connectivity index (χ2n) is 8.10. The number of nitrogens with one attached hydrogen (secondary N) is 1. The summed E-state index contributed by atoms with van der Waals surface area (Å²) < 4.78 is 21.6. The van der Waals surface area contributed by atoms with Crippen LogP contribution in [0.5, 0.6) is 5.75 Å². The molecule has 2 aromatic heterocycles. The van der Waals surface area contributed by atoms with Crippen molar-refractivity contribution in [3.8, 4) is 11.4 Å². The number of anilines is 1. The molecule has 0 saturated heterocycles. The molecule has 1 aliphatic rings. The molecule has 5 rings (SSSR count). The monoisotopic (exact) mass is 467 g/mol. The molecule has 2 N–H and O–H groups in total. The summed E-state index contributed by atoms with van der Waals surface area (Å²) in [5.74, 6) is 0.814. The first-order chi connectivity index (χ1) is 16.0. The average molecular weight is 468 g/mol. The Morgan fingerprint density at radius 1 is 1.21 bits per heavy atom. The average Bonchev–Trinajstić information content (AvgIpc) is 3.07. The van der Waals surface area contributed by atoms with Crippen molar-refractivity contribution < 1.29 is 14.2 Å². The lowest BCUT2D eigenvalue weighted by atomic mass is 10.1. The highest BCUT2D eigenvalue weighted by Crippen LogP contribution is 2.35. The second-order valence-corrected chi connectivity index (χ2v) is 8.51. The molecule has 1 unspecified atom stereocenters. The van der Waals surface area contributed by atoms with Crippen LogP contribution in [-0.4, -0.2) is 43.9 Å². The molecular weight excluding hydrogens is 445 g/mol. The topological polar surface area (TPSA) is 75.4 Å². The SMILES string of the molecule is CC(O)Nc1ncc(CN2CCOc3c(Cl)cc(-n4ccc5cc(F)ccc54)cc3C2)cn1. The normalized spacial score (nSPS) is 15.0. The van der Waals surface area contributed by atoms with Crippen molar-refractivity contribution in [2.75, 3.05) is 18.5 Å². The molecule has 4 aromatic rings. The van der Waals surface area contributed by atoms with E-state index in [2.05, 4.69) is 26.3 Å². The molecule has 3 heterocycles. The number of rotatable bonds is 5. The fourth-order valence-electron chi connectivity index (χ4n) is 4.08. The Morgan fingerprint density at radius 2 is 2.03 bits per heavy atom. The zero-order chi connectivity index (χ0) is 22.9. The van der Waals surface area contributed by atoms with Gasteiger partial charge in [-0.25, -0.2) is 14.4 Å². The van der Waals surface area contributed by atoms with E-state index >= 15 is 0 Å². The Kier molecular flexibility index (Phi) is 5.88. The third-order valence-electron chi connectivity index (χ3n) is 5.53. The number of halogens is 2. The maximum atomic E-state index is 13.6. The lowest BCUT2D eigenvalue weighted by Gasteiger charge is -2.19. The lowest BCUT2D eigenvalue weighted by molar-refractivity contribution is 0.219. The van der Waals surface area contributed by atoms with Gasteiger partial charge in [-0.05, 0) is 43.3 Å². The van der Waals surface area contributed by atoms with Gasteiger partial charge < -0.3 is 19.7 Å². The van der Waals surface area contributed by atoms with E-state index in [0.717, 1.165) is 34.3 Å². The van der Waals surface area contributed by atoms with Crippen molar-refractivity contribution in [3.05, 3.63) is 77.0 Å². The summed E-state index contributed by atoms with van der Waals surface area (Å²) in [6, 6.07) is 10.6. The Hall–Kier alpha value is -3.20. The van der Waals surface area contributed by atoms with Gasteiger partial charge in [0, 0.05) is 60.4 Å². The second kappa shape index (κ2) is 8.97. The third-order valence-corrected chi connectivity index (χ3v) is 5.81. The van der Waals surface area contributed by atoms with Crippen molar-refractivity contribution in [2.45, 2.75) is 26.2 Å². The first-order valence-corrected chi connectivity index (χ1v) is 11.0. The third kappa shape index (κ3) is 4.64. The summed E-state index contributed by atoms with van der Waals surface area (Å²) in [5, 5.41) is 13.5. The van der Waals surface area contributed by atoms with Crippen LogP contribution in [-0.2, 0) is 13.1 Å². The van der Waals surface area contributed by atoms with Gasteiger partial charge in [0.15, 0.2) is 0 Å². The number of aliphatic hydroxyl groups excluding tert-OH is 1. The molecule has 7 nitrogen and oxygen atoms in total. The van der Waals surface area contributed by atoms with Crippen molar-refractivity contribution in [1.82, 2.24) is 19.4 Å². The molecule has 1 aliphatic heterocycles. The van der Waals surface area contributed by atoms with E-state index < -0.39 is 6.23 Å². The number of aliphatic hydroxyl groups is 1. The van der Waals surface area contributed by atoms with Crippen LogP contribution in [0.3, 0.4) is 0 Å². The van der Waals surface area contributed by atoms with E-state index in [-0.39, 0.29) is 5.82 Å². The van der Waals surface area contributed by atoms with E-state index in [0.29, 0.717) is 36.4 Å². The zero-order valence-corrected chi connectivity index (χ0v) is 18.8. The van der Waals surface area contributed by atoms with Crippen LogP contribution >= 0.6 is 11.6 Å². The van der Waals surface area contributed by atoms with Gasteiger partial charge in [0.25, 0.3) is 0 Å². The Bertz CT molecular complexity index is 1290. The number of hydrogen-bond donors (Lipinski definition) is 2. The smallest absolute Gasteiger partial charge is 0.224 e. The number of ether oxygens (including phenoxy) is 1. The molecule has 0 amide bonds. The maximum absolute atomic E-state index is 13.6. The van der Waals surface area contributed by atoms with E-state index in [1.54, 1.807) is 25.4 Å². The van der Waals surface area contributed by atoms with Crippen LogP contribution in [0.2, 0.25) is 5.02 Å². The fraction of sp³-hybridized carbons (Fsp3) is 0.250. The highest BCUT2D eigenvalue weighted by atomic mass is 35.5. The molecule has 0 aliphatic carbocycles. The summed E-state index contributed by atoms with van der Waals surface area (Å²) in [6.07, 6.45) is 4.69. The Labute approximate surface area is 195 Å². The summed E-state index contributed by atoms with van der Waals surface area (Å²) in [7, 11) is 0. The van der Waals surface area contributed by atoms with E-state index in [1.807, 2.05) is 22.9 Å². The quantitative estimate of drug-likeness (QED) is 0.425. The van der Waals surface area contributed by atoms with Gasteiger partial charge in [-0.1, -0.05) is 11.6 Å². The summed E-state index contributed by atoms with van der Waals surface area (Å²) in [4.78, 5) is 10.8.